The molecular weight excluding hydrogens is 380 g/mol. The number of ether oxygens (including phenoxy) is 2. The van der Waals surface area contributed by atoms with Crippen LogP contribution in [0.3, 0.4) is 0 Å². The molecule has 3 rings (SSSR count). The van der Waals surface area contributed by atoms with Crippen LogP contribution in [-0.4, -0.2) is 42.5 Å². The van der Waals surface area contributed by atoms with Crippen molar-refractivity contribution in [3.05, 3.63) is 53.1 Å². The van der Waals surface area contributed by atoms with Crippen molar-refractivity contribution in [3.8, 4) is 11.5 Å². The van der Waals surface area contributed by atoms with Gasteiger partial charge in [-0.2, -0.15) is 0 Å². The number of anilines is 1. The van der Waals surface area contributed by atoms with E-state index < -0.39 is 0 Å². The Kier molecular flexibility index (Phi) is 6.98. The van der Waals surface area contributed by atoms with Crippen LogP contribution in [0.25, 0.3) is 0 Å². The fourth-order valence-electron chi connectivity index (χ4n) is 3.34. The minimum Gasteiger partial charge on any atom is -0.490 e. The highest BCUT2D eigenvalue weighted by Gasteiger charge is 2.25. The Bertz CT molecular complexity index is 925. The predicted molar refractivity (Wildman–Crippen MR) is 117 cm³/mol. The lowest BCUT2D eigenvalue weighted by atomic mass is 10.1. The maximum Gasteiger partial charge on any atom is 0.254 e. The van der Waals surface area contributed by atoms with Gasteiger partial charge in [-0.05, 0) is 62.6 Å². The van der Waals surface area contributed by atoms with Gasteiger partial charge in [-0.3, -0.25) is 9.59 Å². The highest BCUT2D eigenvalue weighted by molar-refractivity contribution is 6.00. The zero-order valence-corrected chi connectivity index (χ0v) is 18.2. The van der Waals surface area contributed by atoms with Gasteiger partial charge in [0.1, 0.15) is 6.54 Å². The quantitative estimate of drug-likeness (QED) is 0.769. The zero-order chi connectivity index (χ0) is 21.7. The van der Waals surface area contributed by atoms with Gasteiger partial charge >= 0.3 is 0 Å². The summed E-state index contributed by atoms with van der Waals surface area (Å²) < 4.78 is 11.4. The molecule has 6 nitrogen and oxygen atoms in total. The van der Waals surface area contributed by atoms with E-state index in [0.717, 1.165) is 29.7 Å². The summed E-state index contributed by atoms with van der Waals surface area (Å²) in [7, 11) is 0. The summed E-state index contributed by atoms with van der Waals surface area (Å²) in [5.74, 6) is 0.803. The van der Waals surface area contributed by atoms with Crippen molar-refractivity contribution in [2.45, 2.75) is 46.6 Å². The van der Waals surface area contributed by atoms with Crippen molar-refractivity contribution in [2.24, 2.45) is 0 Å². The molecule has 0 aliphatic carbocycles. The smallest absolute Gasteiger partial charge is 0.254 e. The first-order valence-electron chi connectivity index (χ1n) is 10.5. The van der Waals surface area contributed by atoms with Crippen molar-refractivity contribution in [3.63, 3.8) is 0 Å². The number of aryl methyl sites for hydroxylation is 1. The van der Waals surface area contributed by atoms with E-state index in [1.54, 1.807) is 23.1 Å². The third kappa shape index (κ3) is 4.93. The molecule has 0 radical (unpaired) electrons. The van der Waals surface area contributed by atoms with Gasteiger partial charge in [-0.1, -0.05) is 19.1 Å². The average molecular weight is 411 g/mol. The van der Waals surface area contributed by atoms with Gasteiger partial charge in [0.2, 0.25) is 5.91 Å². The number of carbonyl (C=O) groups is 2. The van der Waals surface area contributed by atoms with Crippen LogP contribution in [0.1, 0.15) is 48.2 Å². The Balaban J connectivity index is 1.78. The number of benzene rings is 2. The molecule has 0 saturated heterocycles. The SMILES string of the molecule is CCC(C)N(CC(=O)Nc1cccc(C)c1C)C(=O)c1ccc2c(c1)OCCCO2. The molecule has 0 saturated carbocycles. The van der Waals surface area contributed by atoms with E-state index in [1.165, 1.54) is 0 Å². The first kappa shape index (κ1) is 21.7. The molecule has 1 aliphatic heterocycles. The molecule has 6 heteroatoms. The number of nitrogens with zero attached hydrogens (tertiary/aromatic N) is 1. The molecule has 1 heterocycles. The largest absolute Gasteiger partial charge is 0.490 e. The molecule has 30 heavy (non-hydrogen) atoms. The van der Waals surface area contributed by atoms with Gasteiger partial charge < -0.3 is 19.7 Å². The monoisotopic (exact) mass is 410 g/mol. The van der Waals surface area contributed by atoms with Crippen LogP contribution in [0.5, 0.6) is 11.5 Å². The lowest BCUT2D eigenvalue weighted by Crippen LogP contribution is -2.43. The second-order valence-electron chi connectivity index (χ2n) is 7.70. The fraction of sp³-hybridized carbons (Fsp3) is 0.417. The normalized spacial score (nSPS) is 13.9. The highest BCUT2D eigenvalue weighted by atomic mass is 16.5. The summed E-state index contributed by atoms with van der Waals surface area (Å²) in [5, 5.41) is 2.95. The molecule has 0 bridgehead atoms. The van der Waals surface area contributed by atoms with Gasteiger partial charge in [0.05, 0.1) is 13.2 Å². The van der Waals surface area contributed by atoms with Crippen LogP contribution >= 0.6 is 0 Å². The van der Waals surface area contributed by atoms with Gasteiger partial charge in [-0.15, -0.1) is 0 Å². The van der Waals surface area contributed by atoms with E-state index >= 15 is 0 Å². The third-order valence-corrected chi connectivity index (χ3v) is 5.57. The van der Waals surface area contributed by atoms with Crippen molar-refractivity contribution < 1.29 is 19.1 Å². The number of hydrogen-bond acceptors (Lipinski definition) is 4. The molecule has 2 aromatic rings. The standard InChI is InChI=1S/C24H30N2O4/c1-5-17(3)26(15-23(27)25-20-9-6-8-16(2)18(20)4)24(28)19-10-11-21-22(14-19)30-13-7-12-29-21/h6,8-11,14,17H,5,7,12-13,15H2,1-4H3,(H,25,27). The van der Waals surface area contributed by atoms with E-state index in [-0.39, 0.29) is 24.4 Å². The zero-order valence-electron chi connectivity index (χ0n) is 18.2. The minimum atomic E-state index is -0.216. The summed E-state index contributed by atoms with van der Waals surface area (Å²) >= 11 is 0. The van der Waals surface area contributed by atoms with Gasteiger partial charge in [0.25, 0.3) is 5.91 Å². The number of nitrogens with one attached hydrogen (secondary N) is 1. The van der Waals surface area contributed by atoms with E-state index in [0.29, 0.717) is 30.3 Å². The number of carbonyl (C=O) groups excluding carboxylic acids is 2. The molecule has 2 aromatic carbocycles. The molecule has 0 spiro atoms. The first-order valence-corrected chi connectivity index (χ1v) is 10.5. The Morgan fingerprint density at radius 1 is 1.10 bits per heavy atom. The Hall–Kier alpha value is -3.02. The van der Waals surface area contributed by atoms with E-state index in [1.807, 2.05) is 45.9 Å². The number of fused-ring (bicyclic) bond motifs is 1. The van der Waals surface area contributed by atoms with Crippen LogP contribution in [-0.2, 0) is 4.79 Å². The second-order valence-corrected chi connectivity index (χ2v) is 7.70. The van der Waals surface area contributed by atoms with Crippen molar-refractivity contribution in [2.75, 3.05) is 25.1 Å². The highest BCUT2D eigenvalue weighted by Crippen LogP contribution is 2.31. The van der Waals surface area contributed by atoms with Gasteiger partial charge in [0.15, 0.2) is 11.5 Å². The van der Waals surface area contributed by atoms with Crippen LogP contribution in [0.4, 0.5) is 5.69 Å². The lowest BCUT2D eigenvalue weighted by molar-refractivity contribution is -0.117. The van der Waals surface area contributed by atoms with E-state index in [4.69, 9.17) is 9.47 Å². The third-order valence-electron chi connectivity index (χ3n) is 5.57. The van der Waals surface area contributed by atoms with E-state index in [2.05, 4.69) is 5.32 Å². The summed E-state index contributed by atoms with van der Waals surface area (Å²) in [6.07, 6.45) is 1.54. The molecule has 1 atom stereocenters. The van der Waals surface area contributed by atoms with Crippen LogP contribution < -0.4 is 14.8 Å². The van der Waals surface area contributed by atoms with Crippen LogP contribution in [0, 0.1) is 13.8 Å². The molecule has 2 amide bonds. The minimum absolute atomic E-state index is 0.0182. The number of hydrogen-bond donors (Lipinski definition) is 1. The molecule has 0 aromatic heterocycles. The Morgan fingerprint density at radius 2 is 1.83 bits per heavy atom. The average Bonchev–Trinajstić information content (AvgIpc) is 2.99. The first-order chi connectivity index (χ1) is 14.4. The summed E-state index contributed by atoms with van der Waals surface area (Å²) in [6.45, 7) is 9.06. The molecular formula is C24H30N2O4. The van der Waals surface area contributed by atoms with Crippen molar-refractivity contribution in [1.29, 1.82) is 0 Å². The maximum absolute atomic E-state index is 13.3. The number of rotatable bonds is 6. The predicted octanol–water partition coefficient (Wildman–Crippen LogP) is 4.34. The fourth-order valence-corrected chi connectivity index (χ4v) is 3.34. The second kappa shape index (κ2) is 9.65. The van der Waals surface area contributed by atoms with Crippen molar-refractivity contribution >= 4 is 17.5 Å². The number of amides is 2. The molecule has 160 valence electrons. The van der Waals surface area contributed by atoms with Gasteiger partial charge in [-0.25, -0.2) is 0 Å². The molecule has 1 unspecified atom stereocenters. The summed E-state index contributed by atoms with van der Waals surface area (Å²) in [6, 6.07) is 10.9. The topological polar surface area (TPSA) is 67.9 Å². The van der Waals surface area contributed by atoms with E-state index in [9.17, 15) is 9.59 Å². The summed E-state index contributed by atoms with van der Waals surface area (Å²) in [5.41, 5.74) is 3.39. The maximum atomic E-state index is 13.3. The van der Waals surface area contributed by atoms with Crippen LogP contribution in [0.15, 0.2) is 36.4 Å². The van der Waals surface area contributed by atoms with Crippen molar-refractivity contribution in [1.82, 2.24) is 4.90 Å². The Labute approximate surface area is 178 Å². The lowest BCUT2D eigenvalue weighted by Gasteiger charge is -2.28. The van der Waals surface area contributed by atoms with Gasteiger partial charge in [0, 0.05) is 23.7 Å². The molecule has 1 aliphatic rings. The summed E-state index contributed by atoms with van der Waals surface area (Å²) in [4.78, 5) is 27.7. The molecule has 0 fully saturated rings. The Morgan fingerprint density at radius 3 is 2.57 bits per heavy atom. The van der Waals surface area contributed by atoms with Crippen LogP contribution in [0.2, 0.25) is 0 Å². The molecule has 1 N–H and O–H groups in total.